The van der Waals surface area contributed by atoms with E-state index in [0.717, 1.165) is 54.7 Å². The van der Waals surface area contributed by atoms with Crippen LogP contribution in [-0.4, -0.2) is 57.0 Å². The molecule has 200 valence electrons. The highest BCUT2D eigenvalue weighted by Gasteiger charge is 2.32. The number of fused-ring (bicyclic) bond motifs is 1. The highest BCUT2D eigenvalue weighted by molar-refractivity contribution is 5.89. The van der Waals surface area contributed by atoms with Gasteiger partial charge in [0, 0.05) is 43.0 Å². The molecule has 4 heterocycles. The second kappa shape index (κ2) is 10.2. The first kappa shape index (κ1) is 26.0. The van der Waals surface area contributed by atoms with Crippen LogP contribution in [0.1, 0.15) is 37.8 Å². The van der Waals surface area contributed by atoms with E-state index in [1.54, 1.807) is 37.9 Å². The van der Waals surface area contributed by atoms with Gasteiger partial charge in [-0.3, -0.25) is 4.90 Å². The van der Waals surface area contributed by atoms with Gasteiger partial charge in [-0.05, 0) is 49.4 Å². The van der Waals surface area contributed by atoms with Crippen LogP contribution in [0.15, 0.2) is 61.1 Å². The standard InChI is InChI=1S/C29H36N6O3/c1-28(2,36)19-38-23-14-24(27-25(30)16-33-35(27)18-23)21-5-7-22(8-6-21)29(31)10-12-34(13-11-29)17-20-4-9-26(37-3)32-15-20/h4-9,14-16,18,36H,10-13,17,19,30-31H2,1-3H3. The predicted octanol–water partition coefficient (Wildman–Crippen LogP) is 3.59. The molecule has 3 aromatic heterocycles. The number of hydrogen-bond acceptors (Lipinski definition) is 8. The van der Waals surface area contributed by atoms with Crippen LogP contribution in [0.25, 0.3) is 16.6 Å². The maximum Gasteiger partial charge on any atom is 0.212 e. The molecule has 1 aliphatic heterocycles. The molecule has 1 aromatic carbocycles. The van der Waals surface area contributed by atoms with E-state index < -0.39 is 5.60 Å². The number of nitrogens with two attached hydrogens (primary N) is 2. The number of anilines is 1. The summed E-state index contributed by atoms with van der Waals surface area (Å²) >= 11 is 0. The summed E-state index contributed by atoms with van der Waals surface area (Å²) in [5.74, 6) is 1.23. The third kappa shape index (κ3) is 5.60. The minimum absolute atomic E-state index is 0.162. The number of piperidine rings is 1. The summed E-state index contributed by atoms with van der Waals surface area (Å²) in [5.41, 5.74) is 17.5. The molecule has 0 aliphatic carbocycles. The van der Waals surface area contributed by atoms with Crippen LogP contribution in [0.3, 0.4) is 0 Å². The molecule has 0 saturated carbocycles. The van der Waals surface area contributed by atoms with E-state index in [1.807, 2.05) is 18.3 Å². The monoisotopic (exact) mass is 516 g/mol. The number of benzene rings is 1. The maximum atomic E-state index is 10.1. The molecule has 0 amide bonds. The molecule has 1 aliphatic rings. The molecule has 0 spiro atoms. The molecule has 0 bridgehead atoms. The summed E-state index contributed by atoms with van der Waals surface area (Å²) < 4.78 is 12.7. The maximum absolute atomic E-state index is 10.1. The van der Waals surface area contributed by atoms with Gasteiger partial charge in [0.05, 0.1) is 36.3 Å². The Morgan fingerprint density at radius 3 is 2.45 bits per heavy atom. The number of hydrogen-bond donors (Lipinski definition) is 3. The Bertz CT molecular complexity index is 1390. The fourth-order valence-electron chi connectivity index (χ4n) is 4.94. The molecule has 1 fully saturated rings. The number of methoxy groups -OCH3 is 1. The number of pyridine rings is 2. The van der Waals surface area contributed by atoms with Gasteiger partial charge < -0.3 is 26.0 Å². The Labute approximate surface area is 223 Å². The molecule has 38 heavy (non-hydrogen) atoms. The average molecular weight is 517 g/mol. The SMILES string of the molecule is COc1ccc(CN2CCC(N)(c3ccc(-c4cc(OCC(C)(C)O)cn5ncc(N)c45)cc3)CC2)cn1. The summed E-state index contributed by atoms with van der Waals surface area (Å²) in [5, 5.41) is 14.5. The number of nitrogen functional groups attached to an aromatic ring is 1. The zero-order chi connectivity index (χ0) is 26.9. The van der Waals surface area contributed by atoms with Crippen molar-refractivity contribution < 1.29 is 14.6 Å². The third-order valence-corrected chi connectivity index (χ3v) is 7.14. The van der Waals surface area contributed by atoms with Crippen LogP contribution in [0.2, 0.25) is 0 Å². The summed E-state index contributed by atoms with van der Waals surface area (Å²) in [6, 6.07) is 14.3. The molecule has 4 aromatic rings. The third-order valence-electron chi connectivity index (χ3n) is 7.14. The number of likely N-dealkylation sites (tertiary alicyclic amines) is 1. The van der Waals surface area contributed by atoms with Crippen molar-refractivity contribution in [1.29, 1.82) is 0 Å². The Morgan fingerprint density at radius 2 is 1.82 bits per heavy atom. The molecule has 1 saturated heterocycles. The van der Waals surface area contributed by atoms with Crippen molar-refractivity contribution >= 4 is 11.2 Å². The van der Waals surface area contributed by atoms with Gasteiger partial charge >= 0.3 is 0 Å². The van der Waals surface area contributed by atoms with Crippen LogP contribution in [0.4, 0.5) is 5.69 Å². The fourth-order valence-corrected chi connectivity index (χ4v) is 4.94. The van der Waals surface area contributed by atoms with E-state index in [4.69, 9.17) is 20.9 Å². The van der Waals surface area contributed by atoms with Gasteiger partial charge in [0.1, 0.15) is 12.4 Å². The average Bonchev–Trinajstić information content (AvgIpc) is 3.29. The van der Waals surface area contributed by atoms with Gasteiger partial charge in [0.15, 0.2) is 0 Å². The van der Waals surface area contributed by atoms with Crippen LogP contribution < -0.4 is 20.9 Å². The summed E-state index contributed by atoms with van der Waals surface area (Å²) in [6.45, 7) is 6.26. The molecular weight excluding hydrogens is 480 g/mol. The second-order valence-electron chi connectivity index (χ2n) is 10.8. The largest absolute Gasteiger partial charge is 0.489 e. The van der Waals surface area contributed by atoms with Crippen molar-refractivity contribution in [2.24, 2.45) is 5.73 Å². The lowest BCUT2D eigenvalue weighted by Crippen LogP contribution is -2.47. The van der Waals surface area contributed by atoms with E-state index in [1.165, 1.54) is 5.56 Å². The molecule has 9 heteroatoms. The lowest BCUT2D eigenvalue weighted by Gasteiger charge is -2.39. The minimum atomic E-state index is -0.948. The van der Waals surface area contributed by atoms with Gasteiger partial charge in [-0.2, -0.15) is 5.10 Å². The molecular formula is C29H36N6O3. The Balaban J connectivity index is 1.31. The van der Waals surface area contributed by atoms with Gasteiger partial charge in [-0.15, -0.1) is 0 Å². The van der Waals surface area contributed by atoms with Crippen LogP contribution in [0, 0.1) is 0 Å². The second-order valence-corrected chi connectivity index (χ2v) is 10.8. The number of rotatable bonds is 8. The van der Waals surface area contributed by atoms with Crippen LogP contribution in [0.5, 0.6) is 11.6 Å². The van der Waals surface area contributed by atoms with Crippen molar-refractivity contribution in [2.45, 2.75) is 44.4 Å². The quantitative estimate of drug-likeness (QED) is 0.325. The molecule has 0 unspecified atom stereocenters. The van der Waals surface area contributed by atoms with Crippen molar-refractivity contribution in [3.63, 3.8) is 0 Å². The van der Waals surface area contributed by atoms with E-state index in [2.05, 4.69) is 45.3 Å². The van der Waals surface area contributed by atoms with E-state index in [-0.39, 0.29) is 12.1 Å². The van der Waals surface area contributed by atoms with Crippen molar-refractivity contribution in [2.75, 3.05) is 32.5 Å². The molecule has 0 radical (unpaired) electrons. The first-order chi connectivity index (χ1) is 18.1. The lowest BCUT2D eigenvalue weighted by molar-refractivity contribution is 0.0283. The zero-order valence-electron chi connectivity index (χ0n) is 22.2. The lowest BCUT2D eigenvalue weighted by atomic mass is 9.81. The Morgan fingerprint density at radius 1 is 1.08 bits per heavy atom. The van der Waals surface area contributed by atoms with Crippen molar-refractivity contribution in [3.05, 3.63) is 72.2 Å². The molecule has 5 N–H and O–H groups in total. The van der Waals surface area contributed by atoms with Crippen LogP contribution in [-0.2, 0) is 12.1 Å². The fraction of sp³-hybridized carbons (Fsp3) is 0.379. The first-order valence-electron chi connectivity index (χ1n) is 12.9. The highest BCUT2D eigenvalue weighted by atomic mass is 16.5. The van der Waals surface area contributed by atoms with E-state index in [0.29, 0.717) is 17.3 Å². The number of ether oxygens (including phenoxy) is 2. The molecule has 5 rings (SSSR count). The molecule has 9 nitrogen and oxygen atoms in total. The summed E-state index contributed by atoms with van der Waals surface area (Å²) in [4.78, 5) is 6.73. The summed E-state index contributed by atoms with van der Waals surface area (Å²) in [6.07, 6.45) is 7.03. The van der Waals surface area contributed by atoms with E-state index >= 15 is 0 Å². The minimum Gasteiger partial charge on any atom is -0.489 e. The van der Waals surface area contributed by atoms with Gasteiger partial charge in [-0.25, -0.2) is 9.50 Å². The van der Waals surface area contributed by atoms with Crippen LogP contribution >= 0.6 is 0 Å². The highest BCUT2D eigenvalue weighted by Crippen LogP contribution is 2.35. The topological polar surface area (TPSA) is 124 Å². The van der Waals surface area contributed by atoms with Gasteiger partial charge in [-0.1, -0.05) is 30.3 Å². The molecule has 0 atom stereocenters. The van der Waals surface area contributed by atoms with Crippen molar-refractivity contribution in [3.8, 4) is 22.8 Å². The van der Waals surface area contributed by atoms with E-state index in [9.17, 15) is 5.11 Å². The number of aromatic nitrogens is 3. The normalized spacial score (nSPS) is 16.0. The zero-order valence-corrected chi connectivity index (χ0v) is 22.2. The van der Waals surface area contributed by atoms with Crippen molar-refractivity contribution in [1.82, 2.24) is 19.5 Å². The predicted molar refractivity (Wildman–Crippen MR) is 148 cm³/mol. The van der Waals surface area contributed by atoms with Gasteiger partial charge in [0.25, 0.3) is 0 Å². The Hall–Kier alpha value is -3.66. The smallest absolute Gasteiger partial charge is 0.212 e. The Kier molecular flexibility index (Phi) is 7.00. The summed E-state index contributed by atoms with van der Waals surface area (Å²) in [7, 11) is 1.62. The first-order valence-corrected chi connectivity index (χ1v) is 12.9. The van der Waals surface area contributed by atoms with Gasteiger partial charge in [0.2, 0.25) is 5.88 Å². The number of nitrogens with zero attached hydrogens (tertiary/aromatic N) is 4. The number of aliphatic hydroxyl groups is 1.